The summed E-state index contributed by atoms with van der Waals surface area (Å²) in [6.07, 6.45) is 0.710. The summed E-state index contributed by atoms with van der Waals surface area (Å²) in [4.78, 5) is 18.6. The van der Waals surface area contributed by atoms with Crippen molar-refractivity contribution in [3.8, 4) is 0 Å². The maximum Gasteiger partial charge on any atom is 0.257 e. The number of hydrogen-bond donors (Lipinski definition) is 1. The molecule has 1 aromatic carbocycles. The van der Waals surface area contributed by atoms with Gasteiger partial charge in [0, 0.05) is 4.47 Å². The van der Waals surface area contributed by atoms with Crippen LogP contribution >= 0.6 is 15.9 Å². The zero-order chi connectivity index (χ0) is 14.9. The topological polar surface area (TPSA) is 58.7 Å². The van der Waals surface area contributed by atoms with Gasteiger partial charge in [-0.05, 0) is 37.0 Å². The van der Waals surface area contributed by atoms with Crippen molar-refractivity contribution >= 4 is 27.8 Å². The monoisotopic (exact) mass is 337 g/mol. The number of guanidine groups is 1. The number of carbonyl (C=O) groups is 1. The van der Waals surface area contributed by atoms with Gasteiger partial charge >= 0.3 is 0 Å². The molecule has 0 spiro atoms. The number of nitrogens with two attached hydrogens (primary N) is 1. The van der Waals surface area contributed by atoms with Crippen molar-refractivity contribution in [3.05, 3.63) is 34.3 Å². The van der Waals surface area contributed by atoms with E-state index in [1.807, 2.05) is 31.2 Å². The second kappa shape index (κ2) is 5.56. The van der Waals surface area contributed by atoms with E-state index < -0.39 is 5.54 Å². The van der Waals surface area contributed by atoms with Crippen molar-refractivity contribution in [3.63, 3.8) is 0 Å². The normalized spacial score (nSPS) is 22.6. The van der Waals surface area contributed by atoms with Crippen molar-refractivity contribution in [2.24, 2.45) is 16.6 Å². The fourth-order valence-corrected chi connectivity index (χ4v) is 3.10. The highest BCUT2D eigenvalue weighted by Crippen LogP contribution is 2.29. The lowest BCUT2D eigenvalue weighted by Gasteiger charge is -2.23. The van der Waals surface area contributed by atoms with Gasteiger partial charge in [-0.25, -0.2) is 4.99 Å². The molecule has 0 saturated carbocycles. The van der Waals surface area contributed by atoms with Gasteiger partial charge < -0.3 is 5.73 Å². The SMILES string of the molecule is CC(C)CC1(C)N=C(N)N(Cc2cccc(Br)c2)C1=O. The second-order valence-corrected chi connectivity index (χ2v) is 6.78. The first-order valence-corrected chi connectivity index (χ1v) is 7.53. The fourth-order valence-electron chi connectivity index (χ4n) is 2.65. The Balaban J connectivity index is 2.19. The van der Waals surface area contributed by atoms with Crippen LogP contribution in [0.3, 0.4) is 0 Å². The van der Waals surface area contributed by atoms with Gasteiger partial charge in [-0.3, -0.25) is 9.69 Å². The number of rotatable bonds is 4. The second-order valence-electron chi connectivity index (χ2n) is 5.86. The third-order valence-corrected chi connectivity index (χ3v) is 3.87. The molecule has 1 amide bonds. The molecule has 1 atom stereocenters. The van der Waals surface area contributed by atoms with Gasteiger partial charge in [-0.1, -0.05) is 41.9 Å². The van der Waals surface area contributed by atoms with E-state index in [0.29, 0.717) is 24.8 Å². The van der Waals surface area contributed by atoms with Crippen molar-refractivity contribution in [1.82, 2.24) is 4.90 Å². The van der Waals surface area contributed by atoms with E-state index in [-0.39, 0.29) is 5.91 Å². The van der Waals surface area contributed by atoms with Crippen molar-refractivity contribution in [2.75, 3.05) is 0 Å². The summed E-state index contributed by atoms with van der Waals surface area (Å²) < 4.78 is 0.988. The van der Waals surface area contributed by atoms with Crippen LogP contribution in [0.2, 0.25) is 0 Å². The predicted molar refractivity (Wildman–Crippen MR) is 84.2 cm³/mol. The van der Waals surface area contributed by atoms with E-state index in [1.165, 1.54) is 0 Å². The summed E-state index contributed by atoms with van der Waals surface area (Å²) in [7, 11) is 0. The molecule has 1 unspecified atom stereocenters. The molecule has 108 valence electrons. The molecule has 5 heteroatoms. The summed E-state index contributed by atoms with van der Waals surface area (Å²) >= 11 is 3.43. The van der Waals surface area contributed by atoms with E-state index in [9.17, 15) is 4.79 Å². The lowest BCUT2D eigenvalue weighted by molar-refractivity contribution is -0.131. The Kier molecular flexibility index (Phi) is 4.18. The van der Waals surface area contributed by atoms with Crippen LogP contribution in [0.25, 0.3) is 0 Å². The average Bonchev–Trinajstić information content (AvgIpc) is 2.52. The number of benzene rings is 1. The standard InChI is InChI=1S/C15H20BrN3O/c1-10(2)8-15(3)13(20)19(14(17)18-15)9-11-5-4-6-12(16)7-11/h4-7,10H,8-9H2,1-3H3,(H2,17,18). The van der Waals surface area contributed by atoms with Crippen LogP contribution < -0.4 is 5.73 Å². The average molecular weight is 338 g/mol. The van der Waals surface area contributed by atoms with Crippen molar-refractivity contribution < 1.29 is 4.79 Å². The van der Waals surface area contributed by atoms with Crippen LogP contribution in [0.1, 0.15) is 32.8 Å². The Hall–Kier alpha value is -1.36. The highest BCUT2D eigenvalue weighted by atomic mass is 79.9. The zero-order valence-corrected chi connectivity index (χ0v) is 13.6. The number of hydrogen-bond acceptors (Lipinski definition) is 3. The third-order valence-electron chi connectivity index (χ3n) is 3.38. The lowest BCUT2D eigenvalue weighted by atomic mass is 9.91. The maximum atomic E-state index is 12.6. The quantitative estimate of drug-likeness (QED) is 0.918. The van der Waals surface area contributed by atoms with Crippen LogP contribution in [0.5, 0.6) is 0 Å². The largest absolute Gasteiger partial charge is 0.369 e. The third kappa shape index (κ3) is 3.03. The lowest BCUT2D eigenvalue weighted by Crippen LogP contribution is -2.43. The number of aliphatic imine (C=N–C) groups is 1. The van der Waals surface area contributed by atoms with Crippen molar-refractivity contribution in [1.29, 1.82) is 0 Å². The summed E-state index contributed by atoms with van der Waals surface area (Å²) in [6, 6.07) is 7.86. The number of carbonyl (C=O) groups excluding carboxylic acids is 1. The first kappa shape index (κ1) is 15.0. The molecule has 1 aliphatic heterocycles. The molecular weight excluding hydrogens is 318 g/mol. The Morgan fingerprint density at radius 1 is 1.45 bits per heavy atom. The van der Waals surface area contributed by atoms with Gasteiger partial charge in [0.2, 0.25) is 0 Å². The molecule has 1 heterocycles. The van der Waals surface area contributed by atoms with E-state index in [4.69, 9.17) is 5.73 Å². The Labute approximate surface area is 128 Å². The highest BCUT2D eigenvalue weighted by molar-refractivity contribution is 9.10. The minimum Gasteiger partial charge on any atom is -0.369 e. The molecule has 0 radical (unpaired) electrons. The first-order valence-electron chi connectivity index (χ1n) is 6.73. The number of amides is 1. The van der Waals surface area contributed by atoms with Crippen LogP contribution in [-0.4, -0.2) is 22.3 Å². The predicted octanol–water partition coefficient (Wildman–Crippen LogP) is 2.91. The molecule has 20 heavy (non-hydrogen) atoms. The Morgan fingerprint density at radius 3 is 2.75 bits per heavy atom. The molecule has 4 nitrogen and oxygen atoms in total. The minimum atomic E-state index is -0.718. The number of halogens is 1. The summed E-state index contributed by atoms with van der Waals surface area (Å²) in [5.41, 5.74) is 6.26. The fraction of sp³-hybridized carbons (Fsp3) is 0.467. The van der Waals surface area contributed by atoms with Crippen LogP contribution in [0.4, 0.5) is 0 Å². The summed E-state index contributed by atoms with van der Waals surface area (Å²) in [5, 5.41) is 0. The molecular formula is C15H20BrN3O. The molecule has 2 rings (SSSR count). The highest BCUT2D eigenvalue weighted by Gasteiger charge is 2.43. The zero-order valence-electron chi connectivity index (χ0n) is 12.1. The Morgan fingerprint density at radius 2 is 2.15 bits per heavy atom. The molecule has 0 aliphatic carbocycles. The van der Waals surface area contributed by atoms with Gasteiger partial charge in [-0.15, -0.1) is 0 Å². The molecule has 0 saturated heterocycles. The smallest absolute Gasteiger partial charge is 0.257 e. The van der Waals surface area contributed by atoms with Crippen LogP contribution in [-0.2, 0) is 11.3 Å². The van der Waals surface area contributed by atoms with E-state index in [2.05, 4.69) is 34.8 Å². The van der Waals surface area contributed by atoms with Crippen LogP contribution in [0.15, 0.2) is 33.7 Å². The van der Waals surface area contributed by atoms with Gasteiger partial charge in [0.25, 0.3) is 5.91 Å². The first-order chi connectivity index (χ1) is 9.32. The van der Waals surface area contributed by atoms with Gasteiger partial charge in [0.1, 0.15) is 5.54 Å². The summed E-state index contributed by atoms with van der Waals surface area (Å²) in [6.45, 7) is 6.49. The van der Waals surface area contributed by atoms with Gasteiger partial charge in [-0.2, -0.15) is 0 Å². The van der Waals surface area contributed by atoms with Gasteiger partial charge in [0.15, 0.2) is 5.96 Å². The molecule has 0 bridgehead atoms. The minimum absolute atomic E-state index is 0.0105. The molecule has 0 fully saturated rings. The van der Waals surface area contributed by atoms with E-state index in [0.717, 1.165) is 10.0 Å². The van der Waals surface area contributed by atoms with E-state index in [1.54, 1.807) is 4.90 Å². The molecule has 2 N–H and O–H groups in total. The van der Waals surface area contributed by atoms with Crippen LogP contribution in [0, 0.1) is 5.92 Å². The Bertz CT molecular complexity index is 556. The molecule has 1 aliphatic rings. The van der Waals surface area contributed by atoms with Crippen molar-refractivity contribution in [2.45, 2.75) is 39.3 Å². The summed E-state index contributed by atoms with van der Waals surface area (Å²) in [5.74, 6) is 0.702. The molecule has 0 aromatic heterocycles. The molecule has 1 aromatic rings. The van der Waals surface area contributed by atoms with Gasteiger partial charge in [0.05, 0.1) is 6.54 Å². The maximum absolute atomic E-state index is 12.6. The van der Waals surface area contributed by atoms with E-state index >= 15 is 0 Å². The number of nitrogens with zero attached hydrogens (tertiary/aromatic N) is 2.